The lowest BCUT2D eigenvalue weighted by molar-refractivity contribution is -0.139. The van der Waals surface area contributed by atoms with E-state index in [2.05, 4.69) is 26.1 Å². The highest BCUT2D eigenvalue weighted by Crippen LogP contribution is 2.47. The Balaban J connectivity index is 2.05. The molecular weight excluding hydrogens is 421 g/mol. The minimum absolute atomic E-state index is 0.0496. The molecule has 0 fully saturated rings. The number of ketones is 1. The van der Waals surface area contributed by atoms with Crippen LogP contribution in [-0.4, -0.2) is 18.4 Å². The van der Waals surface area contributed by atoms with E-state index in [1.807, 2.05) is 13.0 Å². The molecule has 1 heterocycles. The van der Waals surface area contributed by atoms with Gasteiger partial charge in [-0.2, -0.15) is 0 Å². The highest BCUT2D eigenvalue weighted by molar-refractivity contribution is 6.42. The fourth-order valence-corrected chi connectivity index (χ4v) is 4.63. The van der Waals surface area contributed by atoms with Gasteiger partial charge in [-0.1, -0.05) is 62.9 Å². The Hall–Kier alpha value is -1.78. The van der Waals surface area contributed by atoms with Crippen molar-refractivity contribution in [2.75, 3.05) is 6.61 Å². The molecular formula is C24H29Cl2NO3. The number of hydrogen-bond donors (Lipinski definition) is 1. The summed E-state index contributed by atoms with van der Waals surface area (Å²) in [7, 11) is 0. The molecule has 0 aromatic heterocycles. The fourth-order valence-electron chi connectivity index (χ4n) is 4.33. The number of ether oxygens (including phenoxy) is 1. The summed E-state index contributed by atoms with van der Waals surface area (Å²) >= 11 is 12.4. The molecule has 6 heteroatoms. The number of benzene rings is 1. The third kappa shape index (κ3) is 4.76. The van der Waals surface area contributed by atoms with Gasteiger partial charge in [-0.25, -0.2) is 4.79 Å². The molecule has 1 aliphatic carbocycles. The molecule has 0 spiro atoms. The molecule has 30 heavy (non-hydrogen) atoms. The molecule has 0 saturated heterocycles. The van der Waals surface area contributed by atoms with Crippen molar-refractivity contribution in [2.24, 2.45) is 5.41 Å². The Kier molecular flexibility index (Phi) is 6.98. The van der Waals surface area contributed by atoms with E-state index < -0.39 is 11.9 Å². The van der Waals surface area contributed by atoms with Crippen molar-refractivity contribution < 1.29 is 14.3 Å². The van der Waals surface area contributed by atoms with Crippen LogP contribution in [0.2, 0.25) is 10.0 Å². The summed E-state index contributed by atoms with van der Waals surface area (Å²) in [6, 6.07) is 5.28. The number of carbonyl (C=O) groups is 2. The van der Waals surface area contributed by atoms with Gasteiger partial charge in [0.15, 0.2) is 5.78 Å². The van der Waals surface area contributed by atoms with Crippen molar-refractivity contribution >= 4 is 35.0 Å². The number of hydrogen-bond acceptors (Lipinski definition) is 4. The summed E-state index contributed by atoms with van der Waals surface area (Å²) in [5.41, 5.74) is 3.34. The van der Waals surface area contributed by atoms with Crippen molar-refractivity contribution in [1.82, 2.24) is 5.32 Å². The van der Waals surface area contributed by atoms with E-state index in [9.17, 15) is 9.59 Å². The Morgan fingerprint density at radius 2 is 1.93 bits per heavy atom. The van der Waals surface area contributed by atoms with Gasteiger partial charge in [-0.05, 0) is 42.9 Å². The smallest absolute Gasteiger partial charge is 0.336 e. The van der Waals surface area contributed by atoms with Crippen LogP contribution in [0, 0.1) is 5.41 Å². The maximum atomic E-state index is 13.2. The average molecular weight is 450 g/mol. The summed E-state index contributed by atoms with van der Waals surface area (Å²) in [5, 5.41) is 4.17. The molecule has 1 aliphatic heterocycles. The highest BCUT2D eigenvalue weighted by Gasteiger charge is 2.43. The van der Waals surface area contributed by atoms with Crippen molar-refractivity contribution in [2.45, 2.75) is 65.7 Å². The van der Waals surface area contributed by atoms with Crippen molar-refractivity contribution in [3.05, 3.63) is 56.3 Å². The number of rotatable bonds is 6. The summed E-state index contributed by atoms with van der Waals surface area (Å²) in [5.74, 6) is -0.858. The second-order valence-electron chi connectivity index (χ2n) is 8.95. The van der Waals surface area contributed by atoms with Gasteiger partial charge in [-0.3, -0.25) is 4.79 Å². The molecule has 0 saturated carbocycles. The first-order chi connectivity index (χ1) is 14.1. The van der Waals surface area contributed by atoms with Crippen LogP contribution in [-0.2, 0) is 14.3 Å². The van der Waals surface area contributed by atoms with Gasteiger partial charge in [0.1, 0.15) is 0 Å². The Bertz CT molecular complexity index is 930. The number of halogens is 2. The lowest BCUT2D eigenvalue weighted by Crippen LogP contribution is -2.38. The summed E-state index contributed by atoms with van der Waals surface area (Å²) in [6.07, 6.45) is 4.04. The van der Waals surface area contributed by atoms with E-state index in [-0.39, 0.29) is 11.2 Å². The zero-order chi connectivity index (χ0) is 22.1. The average Bonchev–Trinajstić information content (AvgIpc) is 2.65. The molecule has 2 aliphatic rings. The van der Waals surface area contributed by atoms with Gasteiger partial charge >= 0.3 is 5.97 Å². The first kappa shape index (κ1) is 22.9. The van der Waals surface area contributed by atoms with Crippen LogP contribution in [0.15, 0.2) is 40.7 Å². The number of esters is 1. The van der Waals surface area contributed by atoms with E-state index in [1.54, 1.807) is 12.1 Å². The van der Waals surface area contributed by atoms with Gasteiger partial charge in [0.05, 0.1) is 22.2 Å². The van der Waals surface area contributed by atoms with E-state index in [0.29, 0.717) is 34.2 Å². The van der Waals surface area contributed by atoms with Crippen LogP contribution in [0.3, 0.4) is 0 Å². The zero-order valence-electron chi connectivity index (χ0n) is 18.0. The van der Waals surface area contributed by atoms with Gasteiger partial charge in [0.25, 0.3) is 0 Å². The summed E-state index contributed by atoms with van der Waals surface area (Å²) < 4.78 is 5.59. The van der Waals surface area contributed by atoms with Crippen LogP contribution >= 0.6 is 23.2 Å². The van der Waals surface area contributed by atoms with Gasteiger partial charge in [0.2, 0.25) is 0 Å². The van der Waals surface area contributed by atoms with Crippen LogP contribution < -0.4 is 5.32 Å². The number of allylic oxidation sites excluding steroid dienone is 3. The lowest BCUT2D eigenvalue weighted by Gasteiger charge is -2.39. The molecule has 1 aromatic carbocycles. The summed E-state index contributed by atoms with van der Waals surface area (Å²) in [6.45, 7) is 8.50. The van der Waals surface area contributed by atoms with Crippen LogP contribution in [0.1, 0.15) is 71.3 Å². The fraction of sp³-hybridized carbons (Fsp3) is 0.500. The Labute approximate surface area is 188 Å². The lowest BCUT2D eigenvalue weighted by atomic mass is 9.68. The van der Waals surface area contributed by atoms with E-state index in [0.717, 1.165) is 42.6 Å². The topological polar surface area (TPSA) is 55.4 Å². The Morgan fingerprint density at radius 3 is 2.60 bits per heavy atom. The predicted molar refractivity (Wildman–Crippen MR) is 121 cm³/mol. The minimum atomic E-state index is -0.515. The van der Waals surface area contributed by atoms with Gasteiger partial charge in [0, 0.05) is 29.3 Å². The number of Topliss-reactive ketones (excluding diaryl/α,β-unsaturated/α-hetero) is 1. The highest BCUT2D eigenvalue weighted by atomic mass is 35.5. The monoisotopic (exact) mass is 449 g/mol. The van der Waals surface area contributed by atoms with Crippen LogP contribution in [0.4, 0.5) is 0 Å². The van der Waals surface area contributed by atoms with Crippen molar-refractivity contribution in [1.29, 1.82) is 0 Å². The normalized spacial score (nSPS) is 20.7. The minimum Gasteiger partial charge on any atom is -0.462 e. The van der Waals surface area contributed by atoms with Crippen molar-refractivity contribution in [3.63, 3.8) is 0 Å². The third-order valence-corrected chi connectivity index (χ3v) is 6.46. The number of carbonyl (C=O) groups excluding carboxylic acids is 2. The second-order valence-corrected chi connectivity index (χ2v) is 9.76. The molecule has 0 amide bonds. The number of unbranched alkanes of at least 4 members (excludes halogenated alkanes) is 2. The molecule has 3 rings (SSSR count). The Morgan fingerprint density at radius 1 is 1.20 bits per heavy atom. The SMILES string of the molecule is CCCCCOC(=O)C1=C(C)NC2=C(C(=O)CC(C)(C)C2)[C@H]1c1ccc(Cl)c(Cl)c1. The van der Waals surface area contributed by atoms with E-state index in [4.69, 9.17) is 27.9 Å². The van der Waals surface area contributed by atoms with Crippen LogP contribution in [0.5, 0.6) is 0 Å². The van der Waals surface area contributed by atoms with E-state index >= 15 is 0 Å². The molecule has 0 unspecified atom stereocenters. The van der Waals surface area contributed by atoms with E-state index in [1.165, 1.54) is 0 Å². The van der Waals surface area contributed by atoms with Crippen molar-refractivity contribution in [3.8, 4) is 0 Å². The zero-order valence-corrected chi connectivity index (χ0v) is 19.5. The molecule has 0 radical (unpaired) electrons. The van der Waals surface area contributed by atoms with Gasteiger partial charge < -0.3 is 10.1 Å². The number of nitrogens with one attached hydrogen (secondary N) is 1. The second kappa shape index (κ2) is 9.15. The molecule has 4 nitrogen and oxygen atoms in total. The standard InChI is InChI=1S/C24H29Cl2NO3/c1-5-6-7-10-30-23(29)20-14(2)27-18-12-24(3,4)13-19(28)22(18)21(20)15-8-9-16(25)17(26)11-15/h8-9,11,21,27H,5-7,10,12-13H2,1-4H3/t21-/m0/s1. The van der Waals surface area contributed by atoms with Crippen LogP contribution in [0.25, 0.3) is 0 Å². The quantitative estimate of drug-likeness (QED) is 0.407. The maximum Gasteiger partial charge on any atom is 0.336 e. The van der Waals surface area contributed by atoms with Gasteiger partial charge in [-0.15, -0.1) is 0 Å². The third-order valence-electron chi connectivity index (χ3n) is 5.72. The molecule has 1 N–H and O–H groups in total. The summed E-state index contributed by atoms with van der Waals surface area (Å²) in [4.78, 5) is 26.3. The molecule has 1 atom stereocenters. The maximum absolute atomic E-state index is 13.2. The first-order valence-electron chi connectivity index (χ1n) is 10.5. The number of dihydropyridines is 1. The first-order valence-corrected chi connectivity index (χ1v) is 11.3. The largest absolute Gasteiger partial charge is 0.462 e. The molecule has 1 aromatic rings. The molecule has 0 bridgehead atoms. The molecule has 162 valence electrons. The predicted octanol–water partition coefficient (Wildman–Crippen LogP) is 6.33.